The molecule has 4 rings (SSSR count). The van der Waals surface area contributed by atoms with Crippen molar-refractivity contribution in [2.24, 2.45) is 0 Å². The van der Waals surface area contributed by atoms with Crippen molar-refractivity contribution in [1.29, 1.82) is 0 Å². The van der Waals surface area contributed by atoms with Gasteiger partial charge >= 0.3 is 0 Å². The van der Waals surface area contributed by atoms with Crippen LogP contribution in [0, 0.1) is 0 Å². The minimum Gasteiger partial charge on any atom is -0.339 e. The summed E-state index contributed by atoms with van der Waals surface area (Å²) in [4.78, 5) is 23.3. The van der Waals surface area contributed by atoms with Gasteiger partial charge in [0, 0.05) is 30.0 Å². The molecule has 1 N–H and O–H groups in total. The molecule has 0 spiro atoms. The van der Waals surface area contributed by atoms with Crippen molar-refractivity contribution < 1.29 is 9.32 Å². The quantitative estimate of drug-likeness (QED) is 0.895. The van der Waals surface area contributed by atoms with E-state index in [1.54, 1.807) is 6.20 Å². The van der Waals surface area contributed by atoms with Gasteiger partial charge in [0.2, 0.25) is 11.8 Å². The van der Waals surface area contributed by atoms with Crippen LogP contribution in [0.4, 0.5) is 5.13 Å². The lowest BCUT2D eigenvalue weighted by Crippen LogP contribution is -2.46. The van der Waals surface area contributed by atoms with Gasteiger partial charge < -0.3 is 9.84 Å². The van der Waals surface area contributed by atoms with Crippen LogP contribution < -0.4 is 5.32 Å². The molecule has 1 saturated heterocycles. The smallest absolute Gasteiger partial charge is 0.243 e. The third-order valence-corrected chi connectivity index (χ3v) is 5.48. The fourth-order valence-corrected chi connectivity index (χ4v) is 3.67. The molecule has 2 fully saturated rings. The van der Waals surface area contributed by atoms with E-state index in [1.165, 1.54) is 11.3 Å². The van der Waals surface area contributed by atoms with Gasteiger partial charge in [-0.3, -0.25) is 9.69 Å². The van der Waals surface area contributed by atoms with Crippen LogP contribution in [-0.2, 0) is 4.79 Å². The largest absolute Gasteiger partial charge is 0.339 e. The van der Waals surface area contributed by atoms with E-state index in [2.05, 4.69) is 25.3 Å². The number of carbonyl (C=O) groups is 1. The number of hydrogen-bond acceptors (Lipinski definition) is 7. The Hall–Kier alpha value is -1.80. The first kappa shape index (κ1) is 15.7. The summed E-state index contributed by atoms with van der Waals surface area (Å²) in [5.41, 5.74) is 0. The lowest BCUT2D eigenvalue weighted by molar-refractivity contribution is -0.121. The highest BCUT2D eigenvalue weighted by atomic mass is 32.1. The first-order valence-electron chi connectivity index (χ1n) is 8.48. The lowest BCUT2D eigenvalue weighted by atomic mass is 9.96. The molecule has 2 aliphatic rings. The first-order valence-corrected chi connectivity index (χ1v) is 9.36. The number of amides is 1. The van der Waals surface area contributed by atoms with Crippen molar-refractivity contribution in [3.05, 3.63) is 23.3 Å². The van der Waals surface area contributed by atoms with Crippen LogP contribution in [0.15, 0.2) is 16.1 Å². The number of nitrogens with zero attached hydrogens (tertiary/aromatic N) is 4. The van der Waals surface area contributed by atoms with Crippen LogP contribution >= 0.6 is 11.3 Å². The summed E-state index contributed by atoms with van der Waals surface area (Å²) < 4.78 is 5.39. The molecule has 1 aliphatic heterocycles. The second-order valence-electron chi connectivity index (χ2n) is 6.60. The number of likely N-dealkylation sites (tertiary alicyclic amines) is 1. The minimum atomic E-state index is -0.202. The van der Waals surface area contributed by atoms with Gasteiger partial charge in [-0.1, -0.05) is 5.16 Å². The van der Waals surface area contributed by atoms with Crippen molar-refractivity contribution >= 4 is 22.4 Å². The number of carbonyl (C=O) groups excluding carboxylic acids is 1. The summed E-state index contributed by atoms with van der Waals surface area (Å²) in [5, 5.41) is 9.55. The van der Waals surface area contributed by atoms with E-state index >= 15 is 0 Å². The predicted molar refractivity (Wildman–Crippen MR) is 90.0 cm³/mol. The molecule has 0 bridgehead atoms. The zero-order valence-corrected chi connectivity index (χ0v) is 14.5. The van der Waals surface area contributed by atoms with Gasteiger partial charge in [-0.25, -0.2) is 4.98 Å². The third kappa shape index (κ3) is 3.34. The average molecular weight is 347 g/mol. The highest BCUT2D eigenvalue weighted by Crippen LogP contribution is 2.39. The molecule has 1 aliphatic carbocycles. The van der Waals surface area contributed by atoms with Crippen LogP contribution in [0.2, 0.25) is 0 Å². The number of nitrogens with one attached hydrogen (secondary N) is 1. The van der Waals surface area contributed by atoms with E-state index in [1.807, 2.05) is 12.3 Å². The van der Waals surface area contributed by atoms with Gasteiger partial charge in [0.05, 0.1) is 6.04 Å². The van der Waals surface area contributed by atoms with Gasteiger partial charge in [0.1, 0.15) is 0 Å². The van der Waals surface area contributed by atoms with Gasteiger partial charge in [-0.2, -0.15) is 4.98 Å². The fraction of sp³-hybridized carbons (Fsp3) is 0.625. The van der Waals surface area contributed by atoms with E-state index in [4.69, 9.17) is 4.52 Å². The number of piperidine rings is 1. The van der Waals surface area contributed by atoms with Crippen molar-refractivity contribution in [3.63, 3.8) is 0 Å². The number of hydrogen-bond donors (Lipinski definition) is 1. The van der Waals surface area contributed by atoms with E-state index in [-0.39, 0.29) is 17.9 Å². The van der Waals surface area contributed by atoms with Crippen molar-refractivity contribution in [3.8, 4) is 0 Å². The van der Waals surface area contributed by atoms with Gasteiger partial charge in [-0.15, -0.1) is 11.3 Å². The lowest BCUT2D eigenvalue weighted by Gasteiger charge is -2.34. The Kier molecular flexibility index (Phi) is 4.32. The van der Waals surface area contributed by atoms with Crippen molar-refractivity contribution in [2.75, 3.05) is 18.4 Å². The summed E-state index contributed by atoms with van der Waals surface area (Å²) in [6, 6.07) is -0.202. The Labute approximate surface area is 144 Å². The third-order valence-electron chi connectivity index (χ3n) is 4.79. The van der Waals surface area contributed by atoms with Crippen LogP contribution in [0.5, 0.6) is 0 Å². The van der Waals surface area contributed by atoms with Crippen LogP contribution in [0.25, 0.3) is 0 Å². The maximum atomic E-state index is 12.4. The standard InChI is InChI=1S/C16H21N5O2S/c1-10(14(22)19-16-17-6-8-24-16)21-7-2-3-12(9-21)13-18-15(23-20-13)11-4-5-11/h6,8,10-12H,2-5,7,9H2,1H3,(H,17,19,22)/t10-,12+/m1/s1. The summed E-state index contributed by atoms with van der Waals surface area (Å²) in [7, 11) is 0. The van der Waals surface area contributed by atoms with E-state index in [9.17, 15) is 4.79 Å². The Bertz CT molecular complexity index is 697. The molecular weight excluding hydrogens is 326 g/mol. The van der Waals surface area contributed by atoms with Crippen LogP contribution in [-0.4, -0.2) is 45.1 Å². The maximum Gasteiger partial charge on any atom is 0.243 e. The molecule has 1 saturated carbocycles. The van der Waals surface area contributed by atoms with Crippen molar-refractivity contribution in [1.82, 2.24) is 20.0 Å². The Morgan fingerprint density at radius 3 is 3.04 bits per heavy atom. The number of thiazole rings is 1. The van der Waals surface area contributed by atoms with Gasteiger partial charge in [0.25, 0.3) is 0 Å². The monoisotopic (exact) mass is 347 g/mol. The summed E-state index contributed by atoms with van der Waals surface area (Å²) in [5.74, 6) is 2.29. The highest BCUT2D eigenvalue weighted by molar-refractivity contribution is 7.13. The molecule has 2 aromatic heterocycles. The molecule has 7 nitrogen and oxygen atoms in total. The first-order chi connectivity index (χ1) is 11.7. The average Bonchev–Trinajstić information content (AvgIpc) is 3.11. The fourth-order valence-electron chi connectivity index (χ4n) is 3.14. The Morgan fingerprint density at radius 1 is 1.42 bits per heavy atom. The SMILES string of the molecule is C[C@H](C(=O)Nc1nccs1)N1CCC[C@H](c2noc(C3CC3)n2)C1. The van der Waals surface area contributed by atoms with Crippen LogP contribution in [0.3, 0.4) is 0 Å². The van der Waals surface area contributed by atoms with Crippen molar-refractivity contribution in [2.45, 2.75) is 50.5 Å². The summed E-state index contributed by atoms with van der Waals surface area (Å²) in [6.07, 6.45) is 6.09. The molecule has 3 heterocycles. The second-order valence-corrected chi connectivity index (χ2v) is 7.50. The molecule has 128 valence electrons. The number of aromatic nitrogens is 3. The van der Waals surface area contributed by atoms with E-state index in [0.29, 0.717) is 11.0 Å². The molecule has 0 radical (unpaired) electrons. The summed E-state index contributed by atoms with van der Waals surface area (Å²) >= 11 is 1.43. The second kappa shape index (κ2) is 6.60. The zero-order chi connectivity index (χ0) is 16.5. The molecule has 24 heavy (non-hydrogen) atoms. The predicted octanol–water partition coefficient (Wildman–Crippen LogP) is 2.61. The van der Waals surface area contributed by atoms with Crippen LogP contribution in [0.1, 0.15) is 56.2 Å². The van der Waals surface area contributed by atoms with E-state index < -0.39 is 0 Å². The molecular formula is C16H21N5O2S. The Balaban J connectivity index is 1.38. The number of anilines is 1. The Morgan fingerprint density at radius 2 is 2.29 bits per heavy atom. The molecule has 0 aromatic carbocycles. The molecule has 1 amide bonds. The molecule has 8 heteroatoms. The van der Waals surface area contributed by atoms with Gasteiger partial charge in [0.15, 0.2) is 11.0 Å². The topological polar surface area (TPSA) is 84.2 Å². The van der Waals surface area contributed by atoms with Gasteiger partial charge in [-0.05, 0) is 39.2 Å². The molecule has 2 atom stereocenters. The normalized spacial score (nSPS) is 23.1. The number of rotatable bonds is 5. The highest BCUT2D eigenvalue weighted by Gasteiger charge is 2.33. The minimum absolute atomic E-state index is 0.0163. The zero-order valence-electron chi connectivity index (χ0n) is 13.6. The molecule has 2 aromatic rings. The summed E-state index contributed by atoms with van der Waals surface area (Å²) in [6.45, 7) is 3.64. The maximum absolute atomic E-state index is 12.4. The van der Waals surface area contributed by atoms with E-state index in [0.717, 1.165) is 50.5 Å². The molecule has 0 unspecified atom stereocenters.